The van der Waals surface area contributed by atoms with Gasteiger partial charge in [-0.15, -0.1) is 12.4 Å². The van der Waals surface area contributed by atoms with Gasteiger partial charge in [-0.2, -0.15) is 0 Å². The Labute approximate surface area is 157 Å². The number of para-hydroxylation sites is 1. The standard InChI is InChI=1S/C16H23BrN4O2.ClH/c1-20(9-6-16(23)21-10-7-18-8-11-21)12-15(22)19-14-5-3-2-4-13(14)17;/h2-5,18H,6-12H2,1H3,(H,19,22);1H. The van der Waals surface area contributed by atoms with Crippen LogP contribution in [0, 0.1) is 0 Å². The molecule has 0 atom stereocenters. The van der Waals surface area contributed by atoms with E-state index in [1.807, 2.05) is 41.1 Å². The third-order valence-corrected chi connectivity index (χ3v) is 4.43. The normalized spacial score (nSPS) is 14.2. The fraction of sp³-hybridized carbons (Fsp3) is 0.500. The van der Waals surface area contributed by atoms with Gasteiger partial charge in [0.2, 0.25) is 11.8 Å². The van der Waals surface area contributed by atoms with Gasteiger partial charge in [0.25, 0.3) is 0 Å². The lowest BCUT2D eigenvalue weighted by Gasteiger charge is -2.28. The van der Waals surface area contributed by atoms with Crippen molar-refractivity contribution < 1.29 is 9.59 Å². The van der Waals surface area contributed by atoms with Crippen molar-refractivity contribution in [3.63, 3.8) is 0 Å². The molecule has 1 aromatic carbocycles. The molecule has 8 heteroatoms. The van der Waals surface area contributed by atoms with Gasteiger partial charge in [0.05, 0.1) is 12.2 Å². The summed E-state index contributed by atoms with van der Waals surface area (Å²) in [7, 11) is 1.85. The van der Waals surface area contributed by atoms with E-state index in [4.69, 9.17) is 0 Å². The summed E-state index contributed by atoms with van der Waals surface area (Å²) in [6.45, 7) is 4.09. The summed E-state index contributed by atoms with van der Waals surface area (Å²) in [5, 5.41) is 6.09. The van der Waals surface area contributed by atoms with Gasteiger partial charge in [0.1, 0.15) is 0 Å². The number of anilines is 1. The molecule has 2 amide bonds. The van der Waals surface area contributed by atoms with Crippen LogP contribution in [0.1, 0.15) is 6.42 Å². The topological polar surface area (TPSA) is 64.7 Å². The van der Waals surface area contributed by atoms with E-state index < -0.39 is 0 Å². The molecule has 0 aromatic heterocycles. The van der Waals surface area contributed by atoms with Crippen molar-refractivity contribution in [2.75, 3.05) is 51.6 Å². The maximum Gasteiger partial charge on any atom is 0.238 e. The molecule has 0 spiro atoms. The number of rotatable bonds is 6. The van der Waals surface area contributed by atoms with Gasteiger partial charge in [-0.1, -0.05) is 12.1 Å². The molecule has 0 aliphatic carbocycles. The van der Waals surface area contributed by atoms with E-state index in [1.165, 1.54) is 0 Å². The Bertz CT molecular complexity index is 553. The zero-order valence-corrected chi connectivity index (χ0v) is 16.2. The molecule has 1 saturated heterocycles. The number of hydrogen-bond acceptors (Lipinski definition) is 4. The van der Waals surface area contributed by atoms with Crippen LogP contribution < -0.4 is 10.6 Å². The Morgan fingerprint density at radius 1 is 1.29 bits per heavy atom. The zero-order chi connectivity index (χ0) is 16.7. The average molecular weight is 420 g/mol. The van der Waals surface area contributed by atoms with Gasteiger partial charge in [0, 0.05) is 43.6 Å². The highest BCUT2D eigenvalue weighted by molar-refractivity contribution is 9.10. The Morgan fingerprint density at radius 3 is 2.62 bits per heavy atom. The molecule has 2 rings (SSSR count). The summed E-state index contributed by atoms with van der Waals surface area (Å²) in [6, 6.07) is 7.49. The molecule has 134 valence electrons. The van der Waals surface area contributed by atoms with Gasteiger partial charge >= 0.3 is 0 Å². The highest BCUT2D eigenvalue weighted by Crippen LogP contribution is 2.20. The number of likely N-dealkylation sites (N-methyl/N-ethyl adjacent to an activating group) is 1. The van der Waals surface area contributed by atoms with Crippen molar-refractivity contribution >= 4 is 45.8 Å². The number of carbonyl (C=O) groups excluding carboxylic acids is 2. The van der Waals surface area contributed by atoms with Crippen LogP contribution in [-0.2, 0) is 9.59 Å². The van der Waals surface area contributed by atoms with Crippen molar-refractivity contribution in [1.29, 1.82) is 0 Å². The van der Waals surface area contributed by atoms with Crippen LogP contribution in [0.15, 0.2) is 28.7 Å². The molecule has 6 nitrogen and oxygen atoms in total. The second-order valence-electron chi connectivity index (χ2n) is 5.65. The number of nitrogens with one attached hydrogen (secondary N) is 2. The van der Waals surface area contributed by atoms with Crippen LogP contribution in [0.3, 0.4) is 0 Å². The van der Waals surface area contributed by atoms with E-state index in [0.717, 1.165) is 36.3 Å². The van der Waals surface area contributed by atoms with Crippen molar-refractivity contribution in [3.05, 3.63) is 28.7 Å². The maximum atomic E-state index is 12.1. The predicted octanol–water partition coefficient (Wildman–Crippen LogP) is 1.56. The molecule has 24 heavy (non-hydrogen) atoms. The summed E-state index contributed by atoms with van der Waals surface area (Å²) in [4.78, 5) is 27.9. The van der Waals surface area contributed by atoms with Crippen LogP contribution in [0.4, 0.5) is 5.69 Å². The van der Waals surface area contributed by atoms with Gasteiger partial charge in [-0.3, -0.25) is 14.5 Å². The molecule has 1 fully saturated rings. The van der Waals surface area contributed by atoms with Crippen LogP contribution in [0.25, 0.3) is 0 Å². The Balaban J connectivity index is 0.00000288. The predicted molar refractivity (Wildman–Crippen MR) is 102 cm³/mol. The van der Waals surface area contributed by atoms with E-state index in [9.17, 15) is 9.59 Å². The monoisotopic (exact) mass is 418 g/mol. The SMILES string of the molecule is CN(CCC(=O)N1CCNCC1)CC(=O)Nc1ccccc1Br.Cl. The molecule has 0 unspecified atom stereocenters. The number of amides is 2. The lowest BCUT2D eigenvalue weighted by Crippen LogP contribution is -2.47. The number of nitrogens with zero attached hydrogens (tertiary/aromatic N) is 2. The highest BCUT2D eigenvalue weighted by atomic mass is 79.9. The van der Waals surface area contributed by atoms with Crippen LogP contribution >= 0.6 is 28.3 Å². The van der Waals surface area contributed by atoms with E-state index in [2.05, 4.69) is 26.6 Å². The van der Waals surface area contributed by atoms with Gasteiger partial charge in [-0.25, -0.2) is 0 Å². The van der Waals surface area contributed by atoms with Gasteiger partial charge < -0.3 is 15.5 Å². The van der Waals surface area contributed by atoms with Crippen molar-refractivity contribution in [1.82, 2.24) is 15.1 Å². The van der Waals surface area contributed by atoms with E-state index >= 15 is 0 Å². The summed E-state index contributed by atoms with van der Waals surface area (Å²) >= 11 is 3.40. The first kappa shape index (κ1) is 20.9. The molecule has 1 aliphatic rings. The van der Waals surface area contributed by atoms with E-state index in [-0.39, 0.29) is 30.8 Å². The van der Waals surface area contributed by atoms with Crippen molar-refractivity contribution in [2.45, 2.75) is 6.42 Å². The molecule has 1 aromatic rings. The minimum absolute atomic E-state index is 0. The van der Waals surface area contributed by atoms with Gasteiger partial charge in [0.15, 0.2) is 0 Å². The quantitative estimate of drug-likeness (QED) is 0.734. The fourth-order valence-electron chi connectivity index (χ4n) is 2.44. The molecular weight excluding hydrogens is 396 g/mol. The molecule has 0 saturated carbocycles. The lowest BCUT2D eigenvalue weighted by atomic mass is 10.3. The zero-order valence-electron chi connectivity index (χ0n) is 13.8. The summed E-state index contributed by atoms with van der Waals surface area (Å²) in [5.74, 6) is 0.0681. The summed E-state index contributed by atoms with van der Waals surface area (Å²) in [5.41, 5.74) is 0.753. The number of carbonyl (C=O) groups is 2. The van der Waals surface area contributed by atoms with E-state index in [0.29, 0.717) is 13.0 Å². The lowest BCUT2D eigenvalue weighted by molar-refractivity contribution is -0.132. The highest BCUT2D eigenvalue weighted by Gasteiger charge is 2.17. The molecule has 2 N–H and O–H groups in total. The summed E-state index contributed by atoms with van der Waals surface area (Å²) in [6.07, 6.45) is 0.443. The van der Waals surface area contributed by atoms with Crippen LogP contribution in [0.5, 0.6) is 0 Å². The second-order valence-corrected chi connectivity index (χ2v) is 6.50. The third-order valence-electron chi connectivity index (χ3n) is 3.74. The number of piperazine rings is 1. The Kier molecular flexibility index (Phi) is 9.28. The minimum Gasteiger partial charge on any atom is -0.340 e. The second kappa shape index (κ2) is 10.7. The first-order valence-electron chi connectivity index (χ1n) is 7.77. The molecule has 0 bridgehead atoms. The molecule has 1 heterocycles. The van der Waals surface area contributed by atoms with Crippen molar-refractivity contribution in [3.8, 4) is 0 Å². The Hall–Kier alpha value is -1.15. The number of benzene rings is 1. The van der Waals surface area contributed by atoms with Crippen LogP contribution in [-0.4, -0.2) is 67.9 Å². The maximum absolute atomic E-state index is 12.1. The third kappa shape index (κ3) is 6.76. The average Bonchev–Trinajstić information content (AvgIpc) is 2.55. The smallest absolute Gasteiger partial charge is 0.238 e. The largest absolute Gasteiger partial charge is 0.340 e. The summed E-state index contributed by atoms with van der Waals surface area (Å²) < 4.78 is 0.852. The first-order valence-corrected chi connectivity index (χ1v) is 8.57. The minimum atomic E-state index is -0.0889. The number of halogens is 2. The first-order chi connectivity index (χ1) is 11.1. The van der Waals surface area contributed by atoms with Gasteiger partial charge in [-0.05, 0) is 35.1 Å². The van der Waals surface area contributed by atoms with Crippen LogP contribution in [0.2, 0.25) is 0 Å². The fourth-order valence-corrected chi connectivity index (χ4v) is 2.82. The molecule has 0 radical (unpaired) electrons. The Morgan fingerprint density at radius 2 is 1.96 bits per heavy atom. The van der Waals surface area contributed by atoms with E-state index in [1.54, 1.807) is 0 Å². The van der Waals surface area contributed by atoms with Crippen molar-refractivity contribution in [2.24, 2.45) is 0 Å². The molecular formula is C16H24BrClN4O2. The molecule has 1 aliphatic heterocycles. The number of hydrogen-bond donors (Lipinski definition) is 2.